The maximum atomic E-state index is 11.4. The Labute approximate surface area is 86.0 Å². The summed E-state index contributed by atoms with van der Waals surface area (Å²) in [5.74, 6) is 5.25. The first-order valence-corrected chi connectivity index (χ1v) is 4.42. The summed E-state index contributed by atoms with van der Waals surface area (Å²) in [6.45, 7) is -0.193. The Balaban J connectivity index is 2.65. The van der Waals surface area contributed by atoms with Gasteiger partial charge in [-0.05, 0) is 18.2 Å². The Morgan fingerprint density at radius 1 is 1.33 bits per heavy atom. The zero-order valence-corrected chi connectivity index (χ0v) is 7.86. The zero-order valence-electron chi connectivity index (χ0n) is 7.86. The summed E-state index contributed by atoms with van der Waals surface area (Å²) in [5.41, 5.74) is 1.14. The van der Waals surface area contributed by atoms with Gasteiger partial charge in [0.25, 0.3) is 0 Å². The van der Waals surface area contributed by atoms with Crippen molar-refractivity contribution in [1.29, 1.82) is 0 Å². The molecule has 0 fully saturated rings. The Morgan fingerprint density at radius 2 is 2.20 bits per heavy atom. The van der Waals surface area contributed by atoms with E-state index in [1.807, 2.05) is 0 Å². The Morgan fingerprint density at radius 3 is 3.00 bits per heavy atom. The van der Waals surface area contributed by atoms with E-state index in [4.69, 9.17) is 9.52 Å². The van der Waals surface area contributed by atoms with E-state index in [0.717, 1.165) is 0 Å². The summed E-state index contributed by atoms with van der Waals surface area (Å²) in [4.78, 5) is 11.4. The van der Waals surface area contributed by atoms with Crippen LogP contribution < -0.4 is 5.43 Å². The normalized spacial score (nSPS) is 9.67. The highest BCUT2D eigenvalue weighted by Gasteiger charge is 1.99. The lowest BCUT2D eigenvalue weighted by atomic mass is 10.1. The molecule has 0 unspecified atom stereocenters. The molecule has 0 aliphatic heterocycles. The van der Waals surface area contributed by atoms with Crippen molar-refractivity contribution in [3.8, 4) is 11.8 Å². The first kappa shape index (κ1) is 9.50. The third kappa shape index (κ3) is 1.90. The van der Waals surface area contributed by atoms with Crippen LogP contribution in [0, 0.1) is 11.8 Å². The van der Waals surface area contributed by atoms with Gasteiger partial charge in [0, 0.05) is 11.6 Å². The molecule has 0 saturated carbocycles. The van der Waals surface area contributed by atoms with Crippen LogP contribution >= 0.6 is 0 Å². The van der Waals surface area contributed by atoms with Gasteiger partial charge < -0.3 is 9.52 Å². The topological polar surface area (TPSA) is 50.4 Å². The first-order valence-electron chi connectivity index (χ1n) is 4.42. The lowest BCUT2D eigenvalue weighted by Crippen LogP contribution is -1.97. The second kappa shape index (κ2) is 3.99. The minimum Gasteiger partial charge on any atom is -0.464 e. The fourth-order valence-corrected chi connectivity index (χ4v) is 1.30. The molecule has 1 heterocycles. The summed E-state index contributed by atoms with van der Waals surface area (Å²) in [7, 11) is 0. The van der Waals surface area contributed by atoms with Crippen LogP contribution in [0.25, 0.3) is 11.0 Å². The molecule has 15 heavy (non-hydrogen) atoms. The summed E-state index contributed by atoms with van der Waals surface area (Å²) >= 11 is 0. The highest BCUT2D eigenvalue weighted by molar-refractivity contribution is 5.77. The van der Waals surface area contributed by atoms with E-state index >= 15 is 0 Å². The third-order valence-corrected chi connectivity index (χ3v) is 1.97. The Kier molecular flexibility index (Phi) is 2.53. The van der Waals surface area contributed by atoms with Gasteiger partial charge in [0.2, 0.25) is 0 Å². The molecule has 0 radical (unpaired) electrons. The van der Waals surface area contributed by atoms with Crippen molar-refractivity contribution in [3.63, 3.8) is 0 Å². The van der Waals surface area contributed by atoms with E-state index in [1.165, 1.54) is 12.3 Å². The van der Waals surface area contributed by atoms with Crippen molar-refractivity contribution >= 4 is 11.0 Å². The van der Waals surface area contributed by atoms with Crippen LogP contribution in [0.4, 0.5) is 0 Å². The largest absolute Gasteiger partial charge is 0.464 e. The molecule has 1 aromatic heterocycles. The van der Waals surface area contributed by atoms with Crippen LogP contribution in [0.2, 0.25) is 0 Å². The number of hydrogen-bond acceptors (Lipinski definition) is 3. The zero-order chi connectivity index (χ0) is 10.7. The maximum Gasteiger partial charge on any atom is 0.192 e. The molecule has 1 N–H and O–H groups in total. The van der Waals surface area contributed by atoms with Crippen LogP contribution in [0.15, 0.2) is 39.7 Å². The summed E-state index contributed by atoms with van der Waals surface area (Å²) < 4.78 is 5.15. The molecule has 0 saturated heterocycles. The van der Waals surface area contributed by atoms with E-state index < -0.39 is 0 Å². The van der Waals surface area contributed by atoms with Crippen molar-refractivity contribution in [2.45, 2.75) is 0 Å². The SMILES string of the molecule is O=c1ccoc2ccc(C#CCO)cc12. The van der Waals surface area contributed by atoms with Crippen molar-refractivity contribution in [2.75, 3.05) is 6.61 Å². The van der Waals surface area contributed by atoms with E-state index in [0.29, 0.717) is 16.5 Å². The number of aliphatic hydroxyl groups is 1. The monoisotopic (exact) mass is 200 g/mol. The smallest absolute Gasteiger partial charge is 0.192 e. The van der Waals surface area contributed by atoms with Crippen molar-refractivity contribution in [1.82, 2.24) is 0 Å². The van der Waals surface area contributed by atoms with Gasteiger partial charge in [0.1, 0.15) is 12.2 Å². The number of hydrogen-bond donors (Lipinski definition) is 1. The predicted molar refractivity (Wildman–Crippen MR) is 56.4 cm³/mol. The van der Waals surface area contributed by atoms with Crippen LogP contribution in [0.1, 0.15) is 5.56 Å². The minimum absolute atomic E-state index is 0.0936. The van der Waals surface area contributed by atoms with Crippen LogP contribution in [0.3, 0.4) is 0 Å². The van der Waals surface area contributed by atoms with Gasteiger partial charge in [-0.15, -0.1) is 0 Å². The molecule has 1 aromatic carbocycles. The van der Waals surface area contributed by atoms with Gasteiger partial charge >= 0.3 is 0 Å². The van der Waals surface area contributed by atoms with E-state index in [-0.39, 0.29) is 12.0 Å². The van der Waals surface area contributed by atoms with Crippen molar-refractivity contribution < 1.29 is 9.52 Å². The predicted octanol–water partition coefficient (Wildman–Crippen LogP) is 1.14. The molecular weight excluding hydrogens is 192 g/mol. The Bertz CT molecular complexity index is 599. The third-order valence-electron chi connectivity index (χ3n) is 1.97. The highest BCUT2D eigenvalue weighted by atomic mass is 16.3. The first-order chi connectivity index (χ1) is 7.31. The molecule has 0 bridgehead atoms. The number of benzene rings is 1. The molecule has 0 amide bonds. The second-order valence-electron chi connectivity index (χ2n) is 2.96. The molecule has 2 aromatic rings. The number of fused-ring (bicyclic) bond motifs is 1. The van der Waals surface area contributed by atoms with E-state index in [1.54, 1.807) is 18.2 Å². The lowest BCUT2D eigenvalue weighted by molar-refractivity contribution is 0.350. The average molecular weight is 200 g/mol. The maximum absolute atomic E-state index is 11.4. The standard InChI is InChI=1S/C12H8O3/c13-6-1-2-9-3-4-12-10(8-9)11(14)5-7-15-12/h3-5,7-8,13H,6H2. The quantitative estimate of drug-likeness (QED) is 0.649. The van der Waals surface area contributed by atoms with Crippen LogP contribution in [-0.4, -0.2) is 11.7 Å². The van der Waals surface area contributed by atoms with Crippen molar-refractivity contribution in [3.05, 3.63) is 46.3 Å². The van der Waals surface area contributed by atoms with Gasteiger partial charge in [-0.1, -0.05) is 11.8 Å². The van der Waals surface area contributed by atoms with Crippen LogP contribution in [0.5, 0.6) is 0 Å². The Hall–Kier alpha value is -2.05. The fraction of sp³-hybridized carbons (Fsp3) is 0.0833. The van der Waals surface area contributed by atoms with Gasteiger partial charge in [-0.25, -0.2) is 0 Å². The molecule has 0 aliphatic carbocycles. The lowest BCUT2D eigenvalue weighted by Gasteiger charge is -1.95. The second-order valence-corrected chi connectivity index (χ2v) is 2.96. The van der Waals surface area contributed by atoms with E-state index in [2.05, 4.69) is 11.8 Å². The molecule has 0 spiro atoms. The fourth-order valence-electron chi connectivity index (χ4n) is 1.30. The summed E-state index contributed by atoms with van der Waals surface area (Å²) in [6, 6.07) is 6.46. The van der Waals surface area contributed by atoms with Gasteiger partial charge in [-0.2, -0.15) is 0 Å². The molecule has 3 nitrogen and oxygen atoms in total. The van der Waals surface area contributed by atoms with Gasteiger partial charge in [0.15, 0.2) is 5.43 Å². The molecule has 2 rings (SSSR count). The molecular formula is C12H8O3. The number of aliphatic hydroxyl groups excluding tert-OH is 1. The molecule has 74 valence electrons. The molecule has 0 atom stereocenters. The van der Waals surface area contributed by atoms with Crippen LogP contribution in [-0.2, 0) is 0 Å². The van der Waals surface area contributed by atoms with Gasteiger partial charge in [0.05, 0.1) is 11.6 Å². The minimum atomic E-state index is -0.193. The molecule has 3 heteroatoms. The van der Waals surface area contributed by atoms with E-state index in [9.17, 15) is 4.79 Å². The summed E-state index contributed by atoms with van der Waals surface area (Å²) in [5, 5.41) is 9.04. The summed E-state index contributed by atoms with van der Waals surface area (Å²) in [6.07, 6.45) is 1.36. The molecule has 0 aliphatic rings. The van der Waals surface area contributed by atoms with Gasteiger partial charge in [-0.3, -0.25) is 4.79 Å². The van der Waals surface area contributed by atoms with Crippen molar-refractivity contribution in [2.24, 2.45) is 0 Å². The number of rotatable bonds is 0. The average Bonchev–Trinajstić information content (AvgIpc) is 2.27. The highest BCUT2D eigenvalue weighted by Crippen LogP contribution is 2.11.